The standard InChI is InChI=1S/C22H22O4/c1-4-26-22(24)20-19(16-10-12-17(25-3)13-11-16)18(14(2)21(20)23)15-8-6-5-7-9-15/h5-13,19-20H,4H2,1-3H3/t19-,20+/m1/s1. The van der Waals surface area contributed by atoms with Crippen molar-refractivity contribution >= 4 is 17.3 Å². The molecule has 0 N–H and O–H groups in total. The van der Waals surface area contributed by atoms with Crippen LogP contribution >= 0.6 is 0 Å². The lowest BCUT2D eigenvalue weighted by Crippen LogP contribution is -2.28. The van der Waals surface area contributed by atoms with Gasteiger partial charge in [0.2, 0.25) is 0 Å². The van der Waals surface area contributed by atoms with Crippen LogP contribution < -0.4 is 4.74 Å². The Kier molecular flexibility index (Phi) is 5.21. The molecule has 0 saturated carbocycles. The van der Waals surface area contributed by atoms with Gasteiger partial charge in [-0.2, -0.15) is 0 Å². The highest BCUT2D eigenvalue weighted by Crippen LogP contribution is 2.47. The van der Waals surface area contributed by atoms with Crippen molar-refractivity contribution in [2.45, 2.75) is 19.8 Å². The molecule has 4 nitrogen and oxygen atoms in total. The van der Waals surface area contributed by atoms with Crippen LogP contribution in [0, 0.1) is 5.92 Å². The van der Waals surface area contributed by atoms with E-state index in [1.165, 1.54) is 0 Å². The maximum absolute atomic E-state index is 12.9. The van der Waals surface area contributed by atoms with Gasteiger partial charge in [0.05, 0.1) is 13.7 Å². The fourth-order valence-electron chi connectivity index (χ4n) is 3.58. The summed E-state index contributed by atoms with van der Waals surface area (Å²) in [5.41, 5.74) is 3.35. The van der Waals surface area contributed by atoms with Crippen molar-refractivity contribution in [3.8, 4) is 5.75 Å². The Morgan fingerprint density at radius 3 is 2.27 bits per heavy atom. The highest BCUT2D eigenvalue weighted by Gasteiger charge is 2.46. The number of carbonyl (C=O) groups is 2. The first-order valence-corrected chi connectivity index (χ1v) is 8.69. The summed E-state index contributed by atoms with van der Waals surface area (Å²) < 4.78 is 10.4. The van der Waals surface area contributed by atoms with Crippen LogP contribution in [0.5, 0.6) is 5.75 Å². The third-order valence-corrected chi connectivity index (χ3v) is 4.80. The smallest absolute Gasteiger partial charge is 0.317 e. The fourth-order valence-corrected chi connectivity index (χ4v) is 3.58. The second-order valence-electron chi connectivity index (χ2n) is 6.25. The molecule has 0 bridgehead atoms. The van der Waals surface area contributed by atoms with Crippen LogP contribution in [0.4, 0.5) is 0 Å². The molecule has 0 aromatic heterocycles. The van der Waals surface area contributed by atoms with Gasteiger partial charge in [0.1, 0.15) is 11.7 Å². The fraction of sp³-hybridized carbons (Fsp3) is 0.273. The van der Waals surface area contributed by atoms with Gasteiger partial charge >= 0.3 is 5.97 Å². The van der Waals surface area contributed by atoms with Crippen molar-refractivity contribution in [1.82, 2.24) is 0 Å². The van der Waals surface area contributed by atoms with E-state index in [9.17, 15) is 9.59 Å². The average Bonchev–Trinajstić information content (AvgIpc) is 2.94. The molecular weight excluding hydrogens is 328 g/mol. The van der Waals surface area contributed by atoms with Gasteiger partial charge in [-0.3, -0.25) is 9.59 Å². The average molecular weight is 350 g/mol. The Labute approximate surface area is 153 Å². The van der Waals surface area contributed by atoms with E-state index >= 15 is 0 Å². The lowest BCUT2D eigenvalue weighted by Gasteiger charge is -2.22. The lowest BCUT2D eigenvalue weighted by molar-refractivity contribution is -0.150. The molecule has 134 valence electrons. The minimum absolute atomic E-state index is 0.164. The van der Waals surface area contributed by atoms with Gasteiger partial charge in [-0.15, -0.1) is 0 Å². The molecule has 0 unspecified atom stereocenters. The summed E-state index contributed by atoms with van der Waals surface area (Å²) in [6, 6.07) is 17.2. The molecule has 0 aliphatic heterocycles. The van der Waals surface area contributed by atoms with Crippen LogP contribution in [0.3, 0.4) is 0 Å². The molecule has 0 radical (unpaired) electrons. The zero-order valence-corrected chi connectivity index (χ0v) is 15.2. The van der Waals surface area contributed by atoms with Crippen molar-refractivity contribution in [3.05, 3.63) is 71.3 Å². The lowest BCUT2D eigenvalue weighted by atomic mass is 9.82. The third-order valence-electron chi connectivity index (χ3n) is 4.80. The van der Waals surface area contributed by atoms with Gasteiger partial charge in [0, 0.05) is 5.92 Å². The molecule has 1 aliphatic carbocycles. The number of hydrogen-bond donors (Lipinski definition) is 0. The maximum atomic E-state index is 12.9. The summed E-state index contributed by atoms with van der Waals surface area (Å²) in [6.45, 7) is 3.79. The Balaban J connectivity index is 2.13. The summed E-state index contributed by atoms with van der Waals surface area (Å²) in [5, 5.41) is 0. The molecular formula is C22H22O4. The molecule has 0 amide bonds. The van der Waals surface area contributed by atoms with E-state index in [1.807, 2.05) is 54.6 Å². The quantitative estimate of drug-likeness (QED) is 0.604. The van der Waals surface area contributed by atoms with Gasteiger partial charge < -0.3 is 9.47 Å². The van der Waals surface area contributed by atoms with E-state index in [1.54, 1.807) is 21.0 Å². The second kappa shape index (κ2) is 7.56. The van der Waals surface area contributed by atoms with E-state index < -0.39 is 11.9 Å². The largest absolute Gasteiger partial charge is 0.497 e. The molecule has 0 fully saturated rings. The summed E-state index contributed by atoms with van der Waals surface area (Å²) in [4.78, 5) is 25.5. The maximum Gasteiger partial charge on any atom is 0.317 e. The predicted octanol–water partition coefficient (Wildman–Crippen LogP) is 4.01. The van der Waals surface area contributed by atoms with Crippen molar-refractivity contribution in [1.29, 1.82) is 0 Å². The Morgan fingerprint density at radius 2 is 1.69 bits per heavy atom. The van der Waals surface area contributed by atoms with Gasteiger partial charge in [-0.05, 0) is 48.3 Å². The molecule has 2 aromatic rings. The number of benzene rings is 2. The van der Waals surface area contributed by atoms with E-state index in [2.05, 4.69) is 0 Å². The van der Waals surface area contributed by atoms with Crippen LogP contribution in [0.1, 0.15) is 30.9 Å². The number of allylic oxidation sites excluding steroid dienone is 2. The molecule has 0 spiro atoms. The first-order valence-electron chi connectivity index (χ1n) is 8.69. The monoisotopic (exact) mass is 350 g/mol. The third kappa shape index (κ3) is 3.15. The highest BCUT2D eigenvalue weighted by atomic mass is 16.5. The number of carbonyl (C=O) groups excluding carboxylic acids is 2. The molecule has 0 saturated heterocycles. The van der Waals surface area contributed by atoms with Crippen LogP contribution in [0.25, 0.3) is 5.57 Å². The molecule has 2 atom stereocenters. The normalized spacial score (nSPS) is 19.6. The summed E-state index contributed by atoms with van der Waals surface area (Å²) in [6.07, 6.45) is 0. The van der Waals surface area contributed by atoms with E-state index in [0.717, 1.165) is 22.4 Å². The topological polar surface area (TPSA) is 52.6 Å². The van der Waals surface area contributed by atoms with Gasteiger partial charge in [-0.1, -0.05) is 42.5 Å². The zero-order valence-electron chi connectivity index (χ0n) is 15.2. The zero-order chi connectivity index (χ0) is 18.7. The second-order valence-corrected chi connectivity index (χ2v) is 6.25. The minimum atomic E-state index is -0.849. The number of methoxy groups -OCH3 is 1. The first kappa shape index (κ1) is 17.9. The molecule has 1 aliphatic rings. The van der Waals surface area contributed by atoms with Crippen LogP contribution in [0.2, 0.25) is 0 Å². The van der Waals surface area contributed by atoms with Crippen molar-refractivity contribution in [2.24, 2.45) is 5.92 Å². The number of rotatable bonds is 5. The van der Waals surface area contributed by atoms with Gasteiger partial charge in [0.25, 0.3) is 0 Å². The minimum Gasteiger partial charge on any atom is -0.497 e. The summed E-state index contributed by atoms with van der Waals surface area (Å²) >= 11 is 0. The molecule has 26 heavy (non-hydrogen) atoms. The van der Waals surface area contributed by atoms with E-state index in [0.29, 0.717) is 5.57 Å². The SMILES string of the molecule is CCOC(=O)[C@@H]1C(=O)C(C)=C(c2ccccc2)[C@H]1c1ccc(OC)cc1. The number of Topliss-reactive ketones (excluding diaryl/α,β-unsaturated/α-hetero) is 1. The van der Waals surface area contributed by atoms with Crippen molar-refractivity contribution < 1.29 is 19.1 Å². The van der Waals surface area contributed by atoms with Crippen LogP contribution in [-0.4, -0.2) is 25.5 Å². The Bertz CT molecular complexity index is 834. The summed E-state index contributed by atoms with van der Waals surface area (Å²) in [7, 11) is 1.61. The number of hydrogen-bond acceptors (Lipinski definition) is 4. The molecule has 4 heteroatoms. The number of esters is 1. The molecule has 2 aromatic carbocycles. The van der Waals surface area contributed by atoms with Crippen LogP contribution in [-0.2, 0) is 14.3 Å². The van der Waals surface area contributed by atoms with Gasteiger partial charge in [-0.25, -0.2) is 0 Å². The van der Waals surface area contributed by atoms with E-state index in [-0.39, 0.29) is 18.3 Å². The Morgan fingerprint density at radius 1 is 1.04 bits per heavy atom. The van der Waals surface area contributed by atoms with Crippen molar-refractivity contribution in [2.75, 3.05) is 13.7 Å². The van der Waals surface area contributed by atoms with Gasteiger partial charge in [0.15, 0.2) is 5.78 Å². The van der Waals surface area contributed by atoms with E-state index in [4.69, 9.17) is 9.47 Å². The molecule has 0 heterocycles. The predicted molar refractivity (Wildman–Crippen MR) is 99.9 cm³/mol. The first-order chi connectivity index (χ1) is 12.6. The number of ketones is 1. The summed E-state index contributed by atoms with van der Waals surface area (Å²) in [5.74, 6) is -1.12. The molecule has 3 rings (SSSR count). The highest BCUT2D eigenvalue weighted by molar-refractivity contribution is 6.18. The number of ether oxygens (including phenoxy) is 2. The Hall–Kier alpha value is -2.88. The van der Waals surface area contributed by atoms with Crippen LogP contribution in [0.15, 0.2) is 60.2 Å². The van der Waals surface area contributed by atoms with Crippen molar-refractivity contribution in [3.63, 3.8) is 0 Å².